The van der Waals surface area contributed by atoms with Crippen molar-refractivity contribution in [3.8, 4) is 11.5 Å². The fraction of sp³-hybridized carbons (Fsp3) is 0.417. The maximum Gasteiger partial charge on any atom is 0.253 e. The van der Waals surface area contributed by atoms with Crippen molar-refractivity contribution in [1.82, 2.24) is 14.2 Å². The highest BCUT2D eigenvalue weighted by atomic mass is 32.2. The van der Waals surface area contributed by atoms with Crippen LogP contribution in [0.4, 0.5) is 5.13 Å². The monoisotopic (exact) mass is 532 g/mol. The SMILES string of the molecule is COc1ccc2sc(N3CCN(C(=O)c4ccc(S(=O)(=O)N5CCOCC5)cc4)CC3)nc2c1OC. The van der Waals surface area contributed by atoms with Gasteiger partial charge in [-0.3, -0.25) is 4.79 Å². The highest BCUT2D eigenvalue weighted by Crippen LogP contribution is 2.40. The van der Waals surface area contributed by atoms with E-state index >= 15 is 0 Å². The quantitative estimate of drug-likeness (QED) is 0.477. The summed E-state index contributed by atoms with van der Waals surface area (Å²) in [6.45, 7) is 3.83. The third kappa shape index (κ3) is 4.61. The van der Waals surface area contributed by atoms with Crippen LogP contribution in [0.15, 0.2) is 41.3 Å². The Morgan fingerprint density at radius 3 is 2.28 bits per heavy atom. The van der Waals surface area contributed by atoms with Gasteiger partial charge < -0.3 is 24.0 Å². The zero-order chi connectivity index (χ0) is 25.3. The van der Waals surface area contributed by atoms with Crippen molar-refractivity contribution in [3.05, 3.63) is 42.0 Å². The van der Waals surface area contributed by atoms with Crippen molar-refractivity contribution in [1.29, 1.82) is 0 Å². The summed E-state index contributed by atoms with van der Waals surface area (Å²) in [5.74, 6) is 1.15. The molecule has 192 valence electrons. The number of hydrogen-bond acceptors (Lipinski definition) is 9. The molecule has 0 unspecified atom stereocenters. The van der Waals surface area contributed by atoms with E-state index in [1.807, 2.05) is 12.1 Å². The smallest absolute Gasteiger partial charge is 0.253 e. The molecule has 1 amide bonds. The number of hydrogen-bond donors (Lipinski definition) is 0. The number of benzene rings is 2. The van der Waals surface area contributed by atoms with Gasteiger partial charge in [0, 0.05) is 44.8 Å². The van der Waals surface area contributed by atoms with Gasteiger partial charge >= 0.3 is 0 Å². The van der Waals surface area contributed by atoms with E-state index in [4.69, 9.17) is 19.2 Å². The third-order valence-electron chi connectivity index (χ3n) is 6.44. The lowest BCUT2D eigenvalue weighted by molar-refractivity contribution is 0.0730. The fourth-order valence-electron chi connectivity index (χ4n) is 4.42. The van der Waals surface area contributed by atoms with Crippen LogP contribution < -0.4 is 14.4 Å². The summed E-state index contributed by atoms with van der Waals surface area (Å²) in [6.07, 6.45) is 0. The standard InChI is InChI=1S/C24H28N4O6S2/c1-32-19-7-8-20-21(22(19)33-2)25-24(35-20)27-11-9-26(10-12-27)23(29)17-3-5-18(6-4-17)36(30,31)28-13-15-34-16-14-28/h3-8H,9-16H2,1-2H3. The molecule has 5 rings (SSSR count). The minimum Gasteiger partial charge on any atom is -0.493 e. The summed E-state index contributed by atoms with van der Waals surface area (Å²) in [4.78, 5) is 22.0. The first-order valence-electron chi connectivity index (χ1n) is 11.7. The molecule has 0 spiro atoms. The molecule has 2 saturated heterocycles. The molecule has 2 aromatic carbocycles. The van der Waals surface area contributed by atoms with Gasteiger partial charge in [0.15, 0.2) is 16.6 Å². The Bertz CT molecular complexity index is 1340. The number of carbonyl (C=O) groups excluding carboxylic acids is 1. The average molecular weight is 533 g/mol. The Morgan fingerprint density at radius 1 is 0.944 bits per heavy atom. The van der Waals surface area contributed by atoms with Crippen LogP contribution in [-0.4, -0.2) is 95.2 Å². The number of anilines is 1. The maximum atomic E-state index is 13.1. The van der Waals surface area contributed by atoms with E-state index < -0.39 is 10.0 Å². The Hall–Kier alpha value is -2.93. The first-order chi connectivity index (χ1) is 17.4. The Kier molecular flexibility index (Phi) is 7.02. The molecule has 2 fully saturated rings. The molecular formula is C24H28N4O6S2. The van der Waals surface area contributed by atoms with Gasteiger partial charge in [-0.05, 0) is 36.4 Å². The molecule has 12 heteroatoms. The molecule has 0 N–H and O–H groups in total. The second-order valence-corrected chi connectivity index (χ2v) is 11.4. The van der Waals surface area contributed by atoms with E-state index in [1.165, 1.54) is 16.4 Å². The number of morpholine rings is 1. The first kappa shape index (κ1) is 24.8. The number of nitrogens with zero attached hydrogens (tertiary/aromatic N) is 4. The van der Waals surface area contributed by atoms with E-state index in [0.717, 1.165) is 15.3 Å². The summed E-state index contributed by atoms with van der Waals surface area (Å²) in [6, 6.07) is 10.1. The maximum absolute atomic E-state index is 13.1. The van der Waals surface area contributed by atoms with Crippen LogP contribution in [-0.2, 0) is 14.8 Å². The fourth-order valence-corrected chi connectivity index (χ4v) is 6.85. The Balaban J connectivity index is 1.24. The average Bonchev–Trinajstić information content (AvgIpc) is 3.37. The summed E-state index contributed by atoms with van der Waals surface area (Å²) >= 11 is 1.58. The van der Waals surface area contributed by atoms with Crippen molar-refractivity contribution in [3.63, 3.8) is 0 Å². The van der Waals surface area contributed by atoms with Gasteiger partial charge in [-0.2, -0.15) is 4.31 Å². The Labute approximate surface area is 214 Å². The summed E-state index contributed by atoms with van der Waals surface area (Å²) in [5, 5.41) is 0.876. The summed E-state index contributed by atoms with van der Waals surface area (Å²) in [7, 11) is -0.385. The van der Waals surface area contributed by atoms with E-state index in [1.54, 1.807) is 42.6 Å². The van der Waals surface area contributed by atoms with Crippen LogP contribution in [0.25, 0.3) is 10.2 Å². The topological polar surface area (TPSA) is 102 Å². The highest BCUT2D eigenvalue weighted by Gasteiger charge is 2.28. The number of sulfonamides is 1. The molecule has 0 bridgehead atoms. The van der Waals surface area contributed by atoms with Gasteiger partial charge in [-0.15, -0.1) is 0 Å². The predicted octanol–water partition coefficient (Wildman–Crippen LogP) is 2.30. The number of methoxy groups -OCH3 is 2. The number of ether oxygens (including phenoxy) is 3. The van der Waals surface area contributed by atoms with Crippen molar-refractivity contribution in [2.75, 3.05) is 71.6 Å². The number of amides is 1. The third-order valence-corrected chi connectivity index (χ3v) is 9.43. The molecule has 3 aromatic rings. The molecule has 2 aliphatic heterocycles. The van der Waals surface area contributed by atoms with E-state index in [2.05, 4.69) is 4.90 Å². The molecule has 0 saturated carbocycles. The number of carbonyl (C=O) groups is 1. The number of fused-ring (bicyclic) bond motifs is 1. The zero-order valence-corrected chi connectivity index (χ0v) is 21.8. The minimum atomic E-state index is -3.59. The second-order valence-electron chi connectivity index (χ2n) is 8.46. The van der Waals surface area contributed by atoms with Gasteiger partial charge in [0.2, 0.25) is 10.0 Å². The molecule has 0 radical (unpaired) electrons. The largest absolute Gasteiger partial charge is 0.493 e. The molecule has 10 nitrogen and oxygen atoms in total. The lowest BCUT2D eigenvalue weighted by atomic mass is 10.2. The molecule has 0 aliphatic carbocycles. The number of thiazole rings is 1. The van der Waals surface area contributed by atoms with E-state index in [9.17, 15) is 13.2 Å². The predicted molar refractivity (Wildman–Crippen MR) is 137 cm³/mol. The summed E-state index contributed by atoms with van der Waals surface area (Å²) in [5.41, 5.74) is 1.24. The second kappa shape index (κ2) is 10.2. The van der Waals surface area contributed by atoms with Crippen molar-refractivity contribution >= 4 is 42.6 Å². The molecule has 1 aromatic heterocycles. The van der Waals surface area contributed by atoms with Crippen LogP contribution in [0.1, 0.15) is 10.4 Å². The number of aromatic nitrogens is 1. The lowest BCUT2D eigenvalue weighted by Gasteiger charge is -2.34. The van der Waals surface area contributed by atoms with Crippen LogP contribution in [0, 0.1) is 0 Å². The highest BCUT2D eigenvalue weighted by molar-refractivity contribution is 7.89. The minimum absolute atomic E-state index is 0.110. The molecule has 0 atom stereocenters. The van der Waals surface area contributed by atoms with Crippen molar-refractivity contribution < 1.29 is 27.4 Å². The normalized spacial score (nSPS) is 17.4. The number of piperazine rings is 1. The molecule has 36 heavy (non-hydrogen) atoms. The van der Waals surface area contributed by atoms with E-state index in [-0.39, 0.29) is 10.8 Å². The lowest BCUT2D eigenvalue weighted by Crippen LogP contribution is -2.48. The molecule has 2 aliphatic rings. The van der Waals surface area contributed by atoms with Gasteiger partial charge in [-0.25, -0.2) is 13.4 Å². The van der Waals surface area contributed by atoms with Gasteiger partial charge in [0.25, 0.3) is 5.91 Å². The van der Waals surface area contributed by atoms with Gasteiger partial charge in [-0.1, -0.05) is 11.3 Å². The van der Waals surface area contributed by atoms with Crippen LogP contribution in [0.5, 0.6) is 11.5 Å². The first-order valence-corrected chi connectivity index (χ1v) is 13.9. The van der Waals surface area contributed by atoms with Crippen molar-refractivity contribution in [2.24, 2.45) is 0 Å². The molecular weight excluding hydrogens is 504 g/mol. The van der Waals surface area contributed by atoms with Gasteiger partial charge in [0.05, 0.1) is 37.0 Å². The summed E-state index contributed by atoms with van der Waals surface area (Å²) < 4.78 is 44.2. The Morgan fingerprint density at radius 2 is 1.64 bits per heavy atom. The number of rotatable bonds is 6. The van der Waals surface area contributed by atoms with Crippen LogP contribution in [0.3, 0.4) is 0 Å². The van der Waals surface area contributed by atoms with Gasteiger partial charge in [0.1, 0.15) is 5.52 Å². The van der Waals surface area contributed by atoms with Crippen LogP contribution in [0.2, 0.25) is 0 Å². The van der Waals surface area contributed by atoms with E-state index in [0.29, 0.717) is 69.5 Å². The molecule has 3 heterocycles. The van der Waals surface area contributed by atoms with Crippen LogP contribution >= 0.6 is 11.3 Å². The van der Waals surface area contributed by atoms with Crippen molar-refractivity contribution in [2.45, 2.75) is 4.90 Å². The zero-order valence-electron chi connectivity index (χ0n) is 20.2.